The van der Waals surface area contributed by atoms with Gasteiger partial charge in [-0.3, -0.25) is 0 Å². The maximum absolute atomic E-state index is 6.21. The summed E-state index contributed by atoms with van der Waals surface area (Å²) in [5, 5.41) is 5.61. The van der Waals surface area contributed by atoms with E-state index in [4.69, 9.17) is 16.7 Å². The second-order valence-corrected chi connectivity index (χ2v) is 6.23. The largest absolute Gasteiger partial charge is 0.237 e. The molecule has 0 aliphatic heterocycles. The Hall–Kier alpha value is -2.58. The summed E-state index contributed by atoms with van der Waals surface area (Å²) in [6.45, 7) is 2.15. The van der Waals surface area contributed by atoms with Crippen molar-refractivity contribution < 1.29 is 0 Å². The number of aromatic nitrogens is 2. The Morgan fingerprint density at radius 1 is 0.875 bits per heavy atom. The van der Waals surface area contributed by atoms with Crippen LogP contribution in [0.25, 0.3) is 27.9 Å². The summed E-state index contributed by atoms with van der Waals surface area (Å²) in [6.07, 6.45) is 0.939. The third-order valence-electron chi connectivity index (χ3n) is 4.27. The van der Waals surface area contributed by atoms with Crippen LogP contribution >= 0.6 is 11.6 Å². The van der Waals surface area contributed by atoms with Gasteiger partial charge in [-0.1, -0.05) is 61.0 Å². The van der Waals surface area contributed by atoms with Crippen LogP contribution in [-0.4, -0.2) is 9.61 Å². The molecule has 0 aliphatic carbocycles. The monoisotopic (exact) mass is 332 g/mol. The molecule has 2 aromatic heterocycles. The molecule has 0 bridgehead atoms. The minimum absolute atomic E-state index is 0.742. The van der Waals surface area contributed by atoms with Crippen LogP contribution in [0.1, 0.15) is 12.6 Å². The first-order valence-electron chi connectivity index (χ1n) is 8.09. The summed E-state index contributed by atoms with van der Waals surface area (Å²) in [6, 6.07) is 24.7. The van der Waals surface area contributed by atoms with Crippen LogP contribution in [-0.2, 0) is 6.42 Å². The molecule has 0 fully saturated rings. The first-order valence-corrected chi connectivity index (χ1v) is 8.47. The second kappa shape index (κ2) is 6.14. The van der Waals surface area contributed by atoms with Crippen LogP contribution in [0.3, 0.4) is 0 Å². The highest BCUT2D eigenvalue weighted by atomic mass is 35.5. The summed E-state index contributed by atoms with van der Waals surface area (Å²) in [5.41, 5.74) is 6.63. The molecule has 0 unspecified atom stereocenters. The van der Waals surface area contributed by atoms with Gasteiger partial charge in [-0.25, -0.2) is 4.52 Å². The van der Waals surface area contributed by atoms with Crippen molar-refractivity contribution in [3.63, 3.8) is 0 Å². The highest BCUT2D eigenvalue weighted by Crippen LogP contribution is 2.31. The van der Waals surface area contributed by atoms with E-state index in [2.05, 4.69) is 47.8 Å². The lowest BCUT2D eigenvalue weighted by atomic mass is 10.0. The molecular weight excluding hydrogens is 316 g/mol. The van der Waals surface area contributed by atoms with Gasteiger partial charge < -0.3 is 0 Å². The van der Waals surface area contributed by atoms with Crippen LogP contribution in [0.5, 0.6) is 0 Å². The smallest absolute Gasteiger partial charge is 0.0919 e. The van der Waals surface area contributed by atoms with Crippen LogP contribution in [0.2, 0.25) is 5.02 Å². The minimum Gasteiger partial charge on any atom is -0.237 e. The molecule has 0 saturated heterocycles. The lowest BCUT2D eigenvalue weighted by Gasteiger charge is -2.10. The molecule has 0 atom stereocenters. The second-order valence-electron chi connectivity index (χ2n) is 5.79. The first kappa shape index (κ1) is 15.0. The topological polar surface area (TPSA) is 17.3 Å². The van der Waals surface area contributed by atoms with E-state index in [1.54, 1.807) is 0 Å². The Kier molecular flexibility index (Phi) is 3.83. The molecule has 0 N–H and O–H groups in total. The van der Waals surface area contributed by atoms with E-state index >= 15 is 0 Å². The predicted molar refractivity (Wildman–Crippen MR) is 100 cm³/mol. The molecule has 2 aromatic carbocycles. The maximum atomic E-state index is 6.21. The molecular formula is C21H17ClN2. The summed E-state index contributed by atoms with van der Waals surface area (Å²) in [4.78, 5) is 0. The molecule has 2 heterocycles. The van der Waals surface area contributed by atoms with E-state index in [1.165, 1.54) is 5.69 Å². The minimum atomic E-state index is 0.742. The molecule has 0 radical (unpaired) electrons. The van der Waals surface area contributed by atoms with E-state index in [-0.39, 0.29) is 0 Å². The molecule has 2 nitrogen and oxygen atoms in total. The van der Waals surface area contributed by atoms with Crippen LogP contribution in [0.15, 0.2) is 72.8 Å². The molecule has 0 saturated carbocycles. The highest BCUT2D eigenvalue weighted by molar-refractivity contribution is 6.30. The highest BCUT2D eigenvalue weighted by Gasteiger charge is 2.12. The van der Waals surface area contributed by atoms with Crippen molar-refractivity contribution in [1.82, 2.24) is 9.61 Å². The zero-order valence-corrected chi connectivity index (χ0v) is 14.2. The Morgan fingerprint density at radius 3 is 2.42 bits per heavy atom. The van der Waals surface area contributed by atoms with Gasteiger partial charge in [-0.05, 0) is 42.3 Å². The summed E-state index contributed by atoms with van der Waals surface area (Å²) in [7, 11) is 0. The Bertz CT molecular complexity index is 1000. The normalized spacial score (nSPS) is 11.1. The Balaban J connectivity index is 2.03. The van der Waals surface area contributed by atoms with Gasteiger partial charge in [-0.15, -0.1) is 0 Å². The van der Waals surface area contributed by atoms with Crippen LogP contribution < -0.4 is 0 Å². The Morgan fingerprint density at radius 2 is 1.67 bits per heavy atom. The van der Waals surface area contributed by atoms with Gasteiger partial charge >= 0.3 is 0 Å². The van der Waals surface area contributed by atoms with Crippen molar-refractivity contribution in [3.8, 4) is 22.4 Å². The zero-order valence-electron chi connectivity index (χ0n) is 13.4. The third kappa shape index (κ3) is 2.59. The SMILES string of the molecule is CCc1ccc2c(-c3cccc(Cl)c3)cc(-c3ccccc3)nn12. The number of nitrogens with zero attached hydrogens (tertiary/aromatic N) is 2. The van der Waals surface area contributed by atoms with Crippen LogP contribution in [0.4, 0.5) is 0 Å². The standard InChI is InChI=1S/C21H17ClN2/c1-2-18-11-12-21-19(16-9-6-10-17(22)13-16)14-20(23-24(18)21)15-7-4-3-5-8-15/h3-14H,2H2,1H3. The van der Waals surface area contributed by atoms with Crippen LogP contribution in [0, 0.1) is 0 Å². The van der Waals surface area contributed by atoms with Crippen molar-refractivity contribution in [1.29, 1.82) is 0 Å². The molecule has 3 heteroatoms. The first-order chi connectivity index (χ1) is 11.8. The van der Waals surface area contributed by atoms with Crippen molar-refractivity contribution in [2.45, 2.75) is 13.3 Å². The number of hydrogen-bond donors (Lipinski definition) is 0. The van der Waals surface area contributed by atoms with E-state index in [0.29, 0.717) is 0 Å². The quantitative estimate of drug-likeness (QED) is 0.457. The van der Waals surface area contributed by atoms with Crippen molar-refractivity contribution >= 4 is 17.1 Å². The number of hydrogen-bond acceptors (Lipinski definition) is 1. The van der Waals surface area contributed by atoms with Gasteiger partial charge in [0.15, 0.2) is 0 Å². The molecule has 0 aliphatic rings. The number of halogens is 1. The maximum Gasteiger partial charge on any atom is 0.0919 e. The van der Waals surface area contributed by atoms with E-state index < -0.39 is 0 Å². The summed E-state index contributed by atoms with van der Waals surface area (Å²) in [5.74, 6) is 0. The molecule has 0 spiro atoms. The molecule has 4 aromatic rings. The Labute approximate surface area is 146 Å². The van der Waals surface area contributed by atoms with Crippen molar-refractivity contribution in [3.05, 3.63) is 83.5 Å². The summed E-state index contributed by atoms with van der Waals surface area (Å²) < 4.78 is 2.05. The average Bonchev–Trinajstić information content (AvgIpc) is 3.04. The third-order valence-corrected chi connectivity index (χ3v) is 4.50. The summed E-state index contributed by atoms with van der Waals surface area (Å²) >= 11 is 6.21. The van der Waals surface area contributed by atoms with Gasteiger partial charge in [-0.2, -0.15) is 5.10 Å². The zero-order chi connectivity index (χ0) is 16.5. The number of aryl methyl sites for hydroxylation is 1. The lowest BCUT2D eigenvalue weighted by Crippen LogP contribution is -2.00. The number of benzene rings is 2. The predicted octanol–water partition coefficient (Wildman–Crippen LogP) is 5.88. The number of fused-ring (bicyclic) bond motifs is 1. The van der Waals surface area contributed by atoms with Gasteiger partial charge in [0.1, 0.15) is 0 Å². The van der Waals surface area contributed by atoms with Gasteiger partial charge in [0.2, 0.25) is 0 Å². The molecule has 24 heavy (non-hydrogen) atoms. The van der Waals surface area contributed by atoms with E-state index in [0.717, 1.165) is 39.3 Å². The average molecular weight is 333 g/mol. The lowest BCUT2D eigenvalue weighted by molar-refractivity contribution is 0.865. The fourth-order valence-electron chi connectivity index (χ4n) is 3.05. The van der Waals surface area contributed by atoms with Crippen molar-refractivity contribution in [2.24, 2.45) is 0 Å². The van der Waals surface area contributed by atoms with Gasteiger partial charge in [0, 0.05) is 21.8 Å². The van der Waals surface area contributed by atoms with Crippen molar-refractivity contribution in [2.75, 3.05) is 0 Å². The van der Waals surface area contributed by atoms with E-state index in [1.807, 2.05) is 36.4 Å². The van der Waals surface area contributed by atoms with Gasteiger partial charge in [0.05, 0.1) is 11.2 Å². The fraction of sp³-hybridized carbons (Fsp3) is 0.0952. The van der Waals surface area contributed by atoms with Gasteiger partial charge in [0.25, 0.3) is 0 Å². The molecule has 0 amide bonds. The number of rotatable bonds is 3. The van der Waals surface area contributed by atoms with E-state index in [9.17, 15) is 0 Å². The fourth-order valence-corrected chi connectivity index (χ4v) is 3.24. The molecule has 4 rings (SSSR count). The molecule has 118 valence electrons.